The zero-order chi connectivity index (χ0) is 17.8. The van der Waals surface area contributed by atoms with E-state index in [0.29, 0.717) is 5.56 Å². The van der Waals surface area contributed by atoms with E-state index < -0.39 is 0 Å². The summed E-state index contributed by atoms with van der Waals surface area (Å²) in [4.78, 5) is 23.6. The molecule has 0 aliphatic heterocycles. The Morgan fingerprint density at radius 1 is 1.00 bits per heavy atom. The average molecular weight is 333 g/mol. The molecule has 0 spiro atoms. The van der Waals surface area contributed by atoms with Crippen LogP contribution in [0, 0.1) is 0 Å². The quantitative estimate of drug-likeness (QED) is 0.544. The second-order valence-corrected chi connectivity index (χ2v) is 6.32. The van der Waals surface area contributed by atoms with Gasteiger partial charge in [-0.1, -0.05) is 32.6 Å². The predicted molar refractivity (Wildman–Crippen MR) is 99.3 cm³/mol. The lowest BCUT2D eigenvalue weighted by molar-refractivity contribution is -0.119. The third kappa shape index (κ3) is 8.56. The summed E-state index contributed by atoms with van der Waals surface area (Å²) in [5, 5.41) is 8.83. The minimum atomic E-state index is -0.0858. The number of amides is 2. The molecule has 0 heterocycles. The molecule has 0 saturated carbocycles. The maximum Gasteiger partial charge on any atom is 0.251 e. The highest BCUT2D eigenvalue weighted by atomic mass is 16.2. The summed E-state index contributed by atoms with van der Waals surface area (Å²) in [7, 11) is 0. The lowest BCUT2D eigenvalue weighted by Gasteiger charge is -2.10. The van der Waals surface area contributed by atoms with Crippen LogP contribution in [0.3, 0.4) is 0 Å². The molecular weight excluding hydrogens is 302 g/mol. The van der Waals surface area contributed by atoms with E-state index in [4.69, 9.17) is 0 Å². The van der Waals surface area contributed by atoms with Gasteiger partial charge in [-0.25, -0.2) is 0 Å². The Bertz CT molecular complexity index is 498. The summed E-state index contributed by atoms with van der Waals surface area (Å²) in [5.74, 6) is -0.0931. The molecule has 5 heteroatoms. The Hall–Kier alpha value is -2.04. The van der Waals surface area contributed by atoms with Gasteiger partial charge in [0.2, 0.25) is 5.91 Å². The van der Waals surface area contributed by atoms with Crippen LogP contribution in [0.1, 0.15) is 63.2 Å². The molecular formula is C19H31N3O2. The van der Waals surface area contributed by atoms with Crippen LogP contribution in [-0.2, 0) is 4.79 Å². The molecule has 0 aliphatic rings. The van der Waals surface area contributed by atoms with Crippen molar-refractivity contribution in [1.29, 1.82) is 0 Å². The van der Waals surface area contributed by atoms with Gasteiger partial charge in [0.05, 0.1) is 6.54 Å². The number of nitrogens with one attached hydrogen (secondary N) is 3. The number of carbonyl (C=O) groups excluding carboxylic acids is 2. The maximum absolute atomic E-state index is 11.8. The fourth-order valence-electron chi connectivity index (χ4n) is 2.29. The lowest BCUT2D eigenvalue weighted by atomic mass is 10.1. The molecule has 24 heavy (non-hydrogen) atoms. The molecule has 0 saturated heterocycles. The molecule has 134 valence electrons. The van der Waals surface area contributed by atoms with Crippen LogP contribution < -0.4 is 16.0 Å². The molecule has 0 bridgehead atoms. The SMILES string of the molecule is CCCCCCCNC(=O)CNc1ccc(C(=O)NC(C)C)cc1. The highest BCUT2D eigenvalue weighted by molar-refractivity contribution is 5.94. The smallest absolute Gasteiger partial charge is 0.251 e. The fourth-order valence-corrected chi connectivity index (χ4v) is 2.29. The topological polar surface area (TPSA) is 70.2 Å². The molecule has 2 amide bonds. The van der Waals surface area contributed by atoms with Crippen molar-refractivity contribution in [2.45, 2.75) is 58.9 Å². The number of rotatable bonds is 11. The van der Waals surface area contributed by atoms with Crippen LogP contribution in [0.15, 0.2) is 24.3 Å². The van der Waals surface area contributed by atoms with Crippen LogP contribution >= 0.6 is 0 Å². The first-order valence-corrected chi connectivity index (χ1v) is 8.94. The van der Waals surface area contributed by atoms with Gasteiger partial charge in [-0.05, 0) is 44.5 Å². The Kier molecular flexibility index (Phi) is 9.58. The number of unbranched alkanes of at least 4 members (excludes halogenated alkanes) is 4. The zero-order valence-electron chi connectivity index (χ0n) is 15.2. The second-order valence-electron chi connectivity index (χ2n) is 6.32. The normalized spacial score (nSPS) is 10.5. The summed E-state index contributed by atoms with van der Waals surface area (Å²) in [6.45, 7) is 7.02. The Labute approximate surface area is 145 Å². The summed E-state index contributed by atoms with van der Waals surface area (Å²) in [6.07, 6.45) is 5.93. The summed E-state index contributed by atoms with van der Waals surface area (Å²) in [5.41, 5.74) is 1.44. The Morgan fingerprint density at radius 3 is 2.29 bits per heavy atom. The fraction of sp³-hybridized carbons (Fsp3) is 0.579. The molecule has 0 unspecified atom stereocenters. The molecule has 0 atom stereocenters. The van der Waals surface area contributed by atoms with Crippen LogP contribution in [0.25, 0.3) is 0 Å². The van der Waals surface area contributed by atoms with Gasteiger partial charge < -0.3 is 16.0 Å². The van der Waals surface area contributed by atoms with E-state index in [1.54, 1.807) is 12.1 Å². The average Bonchev–Trinajstić information content (AvgIpc) is 2.56. The van der Waals surface area contributed by atoms with Crippen molar-refractivity contribution in [3.05, 3.63) is 29.8 Å². The van der Waals surface area contributed by atoms with E-state index in [2.05, 4.69) is 22.9 Å². The minimum absolute atomic E-state index is 0.00730. The van der Waals surface area contributed by atoms with Gasteiger partial charge in [0.1, 0.15) is 0 Å². The highest BCUT2D eigenvalue weighted by Gasteiger charge is 2.06. The molecule has 3 N–H and O–H groups in total. The van der Waals surface area contributed by atoms with Gasteiger partial charge in [0.15, 0.2) is 0 Å². The summed E-state index contributed by atoms with van der Waals surface area (Å²) in [6, 6.07) is 7.25. The lowest BCUT2D eigenvalue weighted by Crippen LogP contribution is -2.31. The van der Waals surface area contributed by atoms with Crippen molar-refractivity contribution in [2.24, 2.45) is 0 Å². The summed E-state index contributed by atoms with van der Waals surface area (Å²) < 4.78 is 0. The van der Waals surface area contributed by atoms with E-state index in [-0.39, 0.29) is 24.4 Å². The summed E-state index contributed by atoms with van der Waals surface area (Å²) >= 11 is 0. The van der Waals surface area contributed by atoms with Gasteiger partial charge in [-0.2, -0.15) is 0 Å². The monoisotopic (exact) mass is 333 g/mol. The van der Waals surface area contributed by atoms with Crippen molar-refractivity contribution < 1.29 is 9.59 Å². The molecule has 1 rings (SSSR count). The van der Waals surface area contributed by atoms with E-state index >= 15 is 0 Å². The van der Waals surface area contributed by atoms with Crippen molar-refractivity contribution in [3.8, 4) is 0 Å². The van der Waals surface area contributed by atoms with Gasteiger partial charge in [0, 0.05) is 23.8 Å². The molecule has 0 fully saturated rings. The molecule has 0 aliphatic carbocycles. The van der Waals surface area contributed by atoms with Gasteiger partial charge in [0.25, 0.3) is 5.91 Å². The van der Waals surface area contributed by atoms with Gasteiger partial charge in [-0.3, -0.25) is 9.59 Å². The largest absolute Gasteiger partial charge is 0.376 e. The van der Waals surface area contributed by atoms with Gasteiger partial charge >= 0.3 is 0 Å². The van der Waals surface area contributed by atoms with E-state index in [9.17, 15) is 9.59 Å². The molecule has 0 aromatic heterocycles. The third-order valence-corrected chi connectivity index (χ3v) is 3.62. The van der Waals surface area contributed by atoms with Crippen molar-refractivity contribution in [1.82, 2.24) is 10.6 Å². The van der Waals surface area contributed by atoms with Crippen molar-refractivity contribution >= 4 is 17.5 Å². The van der Waals surface area contributed by atoms with Crippen molar-refractivity contribution in [3.63, 3.8) is 0 Å². The number of hydrogen-bond acceptors (Lipinski definition) is 3. The molecule has 1 aromatic rings. The van der Waals surface area contributed by atoms with E-state index in [0.717, 1.165) is 18.7 Å². The third-order valence-electron chi connectivity index (χ3n) is 3.62. The number of carbonyl (C=O) groups is 2. The van der Waals surface area contributed by atoms with E-state index in [1.165, 1.54) is 25.7 Å². The van der Waals surface area contributed by atoms with Crippen molar-refractivity contribution in [2.75, 3.05) is 18.4 Å². The van der Waals surface area contributed by atoms with Crippen LogP contribution in [-0.4, -0.2) is 30.9 Å². The van der Waals surface area contributed by atoms with Gasteiger partial charge in [-0.15, -0.1) is 0 Å². The maximum atomic E-state index is 11.8. The predicted octanol–water partition coefficient (Wildman–Crippen LogP) is 3.32. The standard InChI is InChI=1S/C19H31N3O2/c1-4-5-6-7-8-13-20-18(23)14-21-17-11-9-16(10-12-17)19(24)22-15(2)3/h9-12,15,21H,4-8,13-14H2,1-3H3,(H,20,23)(H,22,24). The van der Waals surface area contributed by atoms with Crippen LogP contribution in [0.4, 0.5) is 5.69 Å². The number of benzene rings is 1. The van der Waals surface area contributed by atoms with Crippen LogP contribution in [0.5, 0.6) is 0 Å². The minimum Gasteiger partial charge on any atom is -0.376 e. The number of hydrogen-bond donors (Lipinski definition) is 3. The Balaban J connectivity index is 2.24. The first-order valence-electron chi connectivity index (χ1n) is 8.94. The Morgan fingerprint density at radius 2 is 1.67 bits per heavy atom. The molecule has 5 nitrogen and oxygen atoms in total. The number of anilines is 1. The molecule has 0 radical (unpaired) electrons. The van der Waals surface area contributed by atoms with Crippen LogP contribution in [0.2, 0.25) is 0 Å². The first-order chi connectivity index (χ1) is 11.5. The zero-order valence-corrected chi connectivity index (χ0v) is 15.2. The second kappa shape index (κ2) is 11.5. The molecule has 1 aromatic carbocycles. The first kappa shape index (κ1) is 20.0. The highest BCUT2D eigenvalue weighted by Crippen LogP contribution is 2.09. The van der Waals surface area contributed by atoms with E-state index in [1.807, 2.05) is 26.0 Å².